The van der Waals surface area contributed by atoms with Crippen molar-refractivity contribution in [3.8, 4) is 11.5 Å². The molecule has 0 saturated heterocycles. The van der Waals surface area contributed by atoms with E-state index in [0.717, 1.165) is 5.75 Å². The topological polar surface area (TPSA) is 38.3 Å². The Hall–Kier alpha value is -1.94. The molecule has 3 rings (SSSR count). The number of amides is 1. The van der Waals surface area contributed by atoms with E-state index in [4.69, 9.17) is 4.74 Å². The van der Waals surface area contributed by atoms with E-state index in [1.807, 2.05) is 54.6 Å². The Labute approximate surface area is 141 Å². The minimum absolute atomic E-state index is 0.0333. The van der Waals surface area contributed by atoms with Crippen molar-refractivity contribution in [3.05, 3.63) is 54.6 Å². The van der Waals surface area contributed by atoms with Crippen molar-refractivity contribution < 1.29 is 9.53 Å². The molecule has 0 bridgehead atoms. The van der Waals surface area contributed by atoms with Crippen molar-refractivity contribution in [1.82, 2.24) is 0 Å². The van der Waals surface area contributed by atoms with Crippen LogP contribution >= 0.6 is 11.8 Å². The van der Waals surface area contributed by atoms with Gasteiger partial charge in [0.25, 0.3) is 0 Å². The molecule has 0 aliphatic heterocycles. The molecule has 2 aromatic carbocycles. The highest BCUT2D eigenvalue weighted by Crippen LogP contribution is 2.31. The van der Waals surface area contributed by atoms with Gasteiger partial charge in [-0.25, -0.2) is 0 Å². The molecule has 1 saturated carbocycles. The number of anilines is 1. The zero-order valence-electron chi connectivity index (χ0n) is 13.0. The van der Waals surface area contributed by atoms with E-state index in [0.29, 0.717) is 22.4 Å². The lowest BCUT2D eigenvalue weighted by molar-refractivity contribution is -0.113. The molecule has 0 radical (unpaired) electrons. The molecule has 2 aromatic rings. The van der Waals surface area contributed by atoms with Gasteiger partial charge in [0.2, 0.25) is 5.91 Å². The van der Waals surface area contributed by atoms with Crippen LogP contribution in [0.2, 0.25) is 0 Å². The third-order valence-electron chi connectivity index (χ3n) is 3.88. The molecular formula is C19H21NO2S. The predicted octanol–water partition coefficient (Wildman–Crippen LogP) is 5.09. The van der Waals surface area contributed by atoms with E-state index < -0.39 is 0 Å². The van der Waals surface area contributed by atoms with Crippen molar-refractivity contribution in [2.45, 2.75) is 30.9 Å². The standard InChI is InChI=1S/C19H21NO2S/c21-19(14-23-16-10-4-5-11-16)20-17-12-6-7-13-18(17)22-15-8-2-1-3-9-15/h1-3,6-9,12-13,16H,4-5,10-11,14H2,(H,20,21). The van der Waals surface area contributed by atoms with Crippen LogP contribution < -0.4 is 10.1 Å². The van der Waals surface area contributed by atoms with Gasteiger partial charge in [0, 0.05) is 5.25 Å². The lowest BCUT2D eigenvalue weighted by atomic mass is 10.3. The maximum Gasteiger partial charge on any atom is 0.234 e. The van der Waals surface area contributed by atoms with Crippen LogP contribution in [0.15, 0.2) is 54.6 Å². The molecule has 1 fully saturated rings. The smallest absolute Gasteiger partial charge is 0.234 e. The molecule has 120 valence electrons. The lowest BCUT2D eigenvalue weighted by Gasteiger charge is -2.13. The highest BCUT2D eigenvalue weighted by atomic mass is 32.2. The average molecular weight is 327 g/mol. The van der Waals surface area contributed by atoms with Gasteiger partial charge in [0.15, 0.2) is 5.75 Å². The van der Waals surface area contributed by atoms with Crippen LogP contribution in [0.5, 0.6) is 11.5 Å². The van der Waals surface area contributed by atoms with Gasteiger partial charge in [-0.3, -0.25) is 4.79 Å². The number of benzene rings is 2. The zero-order chi connectivity index (χ0) is 15.9. The van der Waals surface area contributed by atoms with Gasteiger partial charge in [-0.1, -0.05) is 43.2 Å². The summed E-state index contributed by atoms with van der Waals surface area (Å²) in [4.78, 5) is 12.2. The van der Waals surface area contributed by atoms with Gasteiger partial charge in [-0.2, -0.15) is 0 Å². The van der Waals surface area contributed by atoms with Crippen molar-refractivity contribution in [2.75, 3.05) is 11.1 Å². The van der Waals surface area contributed by atoms with Crippen LogP contribution in [0.25, 0.3) is 0 Å². The number of carbonyl (C=O) groups excluding carboxylic acids is 1. The summed E-state index contributed by atoms with van der Waals surface area (Å²) in [5.74, 6) is 1.96. The van der Waals surface area contributed by atoms with E-state index in [1.54, 1.807) is 11.8 Å². The first-order valence-corrected chi connectivity index (χ1v) is 9.09. The number of hydrogen-bond donors (Lipinski definition) is 1. The van der Waals surface area contributed by atoms with E-state index in [2.05, 4.69) is 5.32 Å². The monoisotopic (exact) mass is 327 g/mol. The van der Waals surface area contributed by atoms with Gasteiger partial charge >= 0.3 is 0 Å². The first-order valence-electron chi connectivity index (χ1n) is 8.04. The second-order valence-electron chi connectivity index (χ2n) is 5.68. The second kappa shape index (κ2) is 8.06. The summed E-state index contributed by atoms with van der Waals surface area (Å²) in [5.41, 5.74) is 0.716. The first kappa shape index (κ1) is 15.9. The van der Waals surface area contributed by atoms with Crippen LogP contribution in [0.3, 0.4) is 0 Å². The largest absolute Gasteiger partial charge is 0.455 e. The molecule has 0 aromatic heterocycles. The molecule has 1 amide bonds. The number of thioether (sulfide) groups is 1. The molecule has 0 unspecified atom stereocenters. The minimum atomic E-state index is 0.0333. The van der Waals surface area contributed by atoms with Crippen molar-refractivity contribution in [1.29, 1.82) is 0 Å². The van der Waals surface area contributed by atoms with E-state index in [9.17, 15) is 4.79 Å². The molecular weight excluding hydrogens is 306 g/mol. The number of rotatable bonds is 6. The second-order valence-corrected chi connectivity index (χ2v) is 6.97. The summed E-state index contributed by atoms with van der Waals surface area (Å²) in [6.07, 6.45) is 5.08. The number of nitrogens with one attached hydrogen (secondary N) is 1. The quantitative estimate of drug-likeness (QED) is 0.803. The number of ether oxygens (including phenoxy) is 1. The molecule has 1 N–H and O–H groups in total. The van der Waals surface area contributed by atoms with Crippen LogP contribution in [0, 0.1) is 0 Å². The molecule has 4 heteroatoms. The van der Waals surface area contributed by atoms with Crippen LogP contribution in [-0.4, -0.2) is 16.9 Å². The summed E-state index contributed by atoms with van der Waals surface area (Å²) in [7, 11) is 0. The van der Waals surface area contributed by atoms with E-state index in [-0.39, 0.29) is 5.91 Å². The van der Waals surface area contributed by atoms with Crippen molar-refractivity contribution in [2.24, 2.45) is 0 Å². The maximum absolute atomic E-state index is 12.2. The Bertz CT molecular complexity index is 639. The molecule has 0 heterocycles. The van der Waals surface area contributed by atoms with Gasteiger partial charge in [0.05, 0.1) is 11.4 Å². The number of hydrogen-bond acceptors (Lipinski definition) is 3. The fourth-order valence-electron chi connectivity index (χ4n) is 2.71. The fourth-order valence-corrected chi connectivity index (χ4v) is 3.84. The summed E-state index contributed by atoms with van der Waals surface area (Å²) >= 11 is 1.77. The van der Waals surface area contributed by atoms with E-state index >= 15 is 0 Å². The van der Waals surface area contributed by atoms with Crippen molar-refractivity contribution in [3.63, 3.8) is 0 Å². The summed E-state index contributed by atoms with van der Waals surface area (Å²) < 4.78 is 5.87. The Morgan fingerprint density at radius 1 is 1.04 bits per heavy atom. The van der Waals surface area contributed by atoms with Crippen LogP contribution in [0.1, 0.15) is 25.7 Å². The van der Waals surface area contributed by atoms with Gasteiger partial charge in [-0.05, 0) is 37.1 Å². The van der Waals surface area contributed by atoms with Gasteiger partial charge < -0.3 is 10.1 Å². The fraction of sp³-hybridized carbons (Fsp3) is 0.316. The summed E-state index contributed by atoms with van der Waals surface area (Å²) in [6.45, 7) is 0. The lowest BCUT2D eigenvalue weighted by Crippen LogP contribution is -2.16. The molecule has 1 aliphatic carbocycles. The highest BCUT2D eigenvalue weighted by Gasteiger charge is 2.17. The Balaban J connectivity index is 1.59. The minimum Gasteiger partial charge on any atom is -0.455 e. The van der Waals surface area contributed by atoms with Gasteiger partial charge in [0.1, 0.15) is 5.75 Å². The van der Waals surface area contributed by atoms with Crippen molar-refractivity contribution >= 4 is 23.4 Å². The Morgan fingerprint density at radius 2 is 1.74 bits per heavy atom. The predicted molar refractivity (Wildman–Crippen MR) is 96.3 cm³/mol. The molecule has 0 atom stereocenters. The SMILES string of the molecule is O=C(CSC1CCCC1)Nc1ccccc1Oc1ccccc1. The number of carbonyl (C=O) groups is 1. The summed E-state index contributed by atoms with van der Waals surface area (Å²) in [5, 5.41) is 3.62. The molecule has 0 spiro atoms. The highest BCUT2D eigenvalue weighted by molar-refractivity contribution is 8.00. The third-order valence-corrected chi connectivity index (χ3v) is 5.26. The van der Waals surface area contributed by atoms with E-state index in [1.165, 1.54) is 25.7 Å². The normalized spacial score (nSPS) is 14.6. The molecule has 1 aliphatic rings. The first-order chi connectivity index (χ1) is 11.3. The van der Waals surface area contributed by atoms with Crippen LogP contribution in [0.4, 0.5) is 5.69 Å². The summed E-state index contributed by atoms with van der Waals surface area (Å²) in [6, 6.07) is 17.1. The Morgan fingerprint density at radius 3 is 2.52 bits per heavy atom. The third kappa shape index (κ3) is 4.76. The molecule has 23 heavy (non-hydrogen) atoms. The Kier molecular flexibility index (Phi) is 5.59. The average Bonchev–Trinajstić information content (AvgIpc) is 3.09. The zero-order valence-corrected chi connectivity index (χ0v) is 13.9. The number of para-hydroxylation sites is 3. The van der Waals surface area contributed by atoms with Crippen LogP contribution in [-0.2, 0) is 4.79 Å². The maximum atomic E-state index is 12.2. The van der Waals surface area contributed by atoms with Gasteiger partial charge in [-0.15, -0.1) is 11.8 Å². The molecule has 3 nitrogen and oxygen atoms in total.